The van der Waals surface area contributed by atoms with E-state index >= 15 is 0 Å². The van der Waals surface area contributed by atoms with Crippen LogP contribution in [0.25, 0.3) is 0 Å². The zero-order chi connectivity index (χ0) is 6.27. The second-order valence-electron chi connectivity index (χ2n) is 2.74. The molecule has 3 atom stereocenters. The number of nitrogens with two attached hydrogens (primary N) is 1. The zero-order valence-electron chi connectivity index (χ0n) is 5.25. The van der Waals surface area contributed by atoms with E-state index in [0.717, 1.165) is 19.8 Å². The summed E-state index contributed by atoms with van der Waals surface area (Å²) in [6.07, 6.45) is 0.306. The quantitative estimate of drug-likeness (QED) is 0.473. The van der Waals surface area contributed by atoms with Crippen molar-refractivity contribution in [1.29, 1.82) is 0 Å². The summed E-state index contributed by atoms with van der Waals surface area (Å²) in [6.45, 7) is 2.27. The van der Waals surface area contributed by atoms with Gasteiger partial charge in [0.1, 0.15) is 0 Å². The van der Waals surface area contributed by atoms with Crippen molar-refractivity contribution in [2.24, 2.45) is 11.7 Å². The average Bonchev–Trinajstić information content (AvgIpc) is 2.35. The molecule has 0 amide bonds. The molecule has 2 heterocycles. The molecule has 0 aromatic carbocycles. The summed E-state index contributed by atoms with van der Waals surface area (Å²) in [7, 11) is 0. The SMILES string of the molecule is N[C@H]1CO[C@@H]2COC[C@H]12. The van der Waals surface area contributed by atoms with Crippen molar-refractivity contribution in [3.63, 3.8) is 0 Å². The van der Waals surface area contributed by atoms with Gasteiger partial charge in [-0.25, -0.2) is 0 Å². The second kappa shape index (κ2) is 1.94. The van der Waals surface area contributed by atoms with Crippen LogP contribution in [-0.2, 0) is 9.47 Å². The Morgan fingerprint density at radius 3 is 2.89 bits per heavy atom. The highest BCUT2D eigenvalue weighted by molar-refractivity contribution is 4.89. The van der Waals surface area contributed by atoms with E-state index in [-0.39, 0.29) is 6.04 Å². The maximum atomic E-state index is 5.71. The van der Waals surface area contributed by atoms with Crippen LogP contribution in [-0.4, -0.2) is 32.0 Å². The van der Waals surface area contributed by atoms with Crippen molar-refractivity contribution >= 4 is 0 Å². The van der Waals surface area contributed by atoms with E-state index < -0.39 is 0 Å². The predicted molar refractivity (Wildman–Crippen MR) is 32.0 cm³/mol. The van der Waals surface area contributed by atoms with Gasteiger partial charge in [0, 0.05) is 12.0 Å². The van der Waals surface area contributed by atoms with Gasteiger partial charge in [-0.2, -0.15) is 0 Å². The molecular formula is C6H11NO2. The van der Waals surface area contributed by atoms with Gasteiger partial charge in [-0.3, -0.25) is 0 Å². The lowest BCUT2D eigenvalue weighted by atomic mass is 10.0. The second-order valence-corrected chi connectivity index (χ2v) is 2.74. The van der Waals surface area contributed by atoms with Crippen molar-refractivity contribution in [2.45, 2.75) is 12.1 Å². The molecule has 9 heavy (non-hydrogen) atoms. The van der Waals surface area contributed by atoms with Gasteiger partial charge in [-0.15, -0.1) is 0 Å². The van der Waals surface area contributed by atoms with Crippen LogP contribution in [0.15, 0.2) is 0 Å². The lowest BCUT2D eigenvalue weighted by Gasteiger charge is -2.06. The largest absolute Gasteiger partial charge is 0.378 e. The van der Waals surface area contributed by atoms with E-state index in [1.165, 1.54) is 0 Å². The summed E-state index contributed by atoms with van der Waals surface area (Å²) in [4.78, 5) is 0. The highest BCUT2D eigenvalue weighted by Gasteiger charge is 2.39. The maximum absolute atomic E-state index is 5.71. The fraction of sp³-hybridized carbons (Fsp3) is 1.00. The number of hydrogen-bond donors (Lipinski definition) is 1. The highest BCUT2D eigenvalue weighted by atomic mass is 16.6. The molecule has 52 valence electrons. The third-order valence-electron chi connectivity index (χ3n) is 2.12. The first-order chi connectivity index (χ1) is 4.38. The molecule has 0 saturated carbocycles. The van der Waals surface area contributed by atoms with Gasteiger partial charge in [-0.1, -0.05) is 0 Å². The van der Waals surface area contributed by atoms with Crippen LogP contribution in [0.5, 0.6) is 0 Å². The summed E-state index contributed by atoms with van der Waals surface area (Å²) in [6, 6.07) is 0.220. The number of ether oxygens (including phenoxy) is 2. The van der Waals surface area contributed by atoms with Crippen LogP contribution in [0.3, 0.4) is 0 Å². The monoisotopic (exact) mass is 129 g/mol. The fourth-order valence-corrected chi connectivity index (χ4v) is 1.48. The lowest BCUT2D eigenvalue weighted by molar-refractivity contribution is 0.0690. The van der Waals surface area contributed by atoms with E-state index in [9.17, 15) is 0 Å². The molecule has 2 rings (SSSR count). The molecular weight excluding hydrogens is 118 g/mol. The van der Waals surface area contributed by atoms with Gasteiger partial charge in [-0.05, 0) is 0 Å². The summed E-state index contributed by atoms with van der Waals surface area (Å²) < 4.78 is 10.5. The van der Waals surface area contributed by atoms with Crippen LogP contribution >= 0.6 is 0 Å². The lowest BCUT2D eigenvalue weighted by Crippen LogP contribution is -2.30. The van der Waals surface area contributed by atoms with Gasteiger partial charge in [0.25, 0.3) is 0 Å². The Labute approximate surface area is 54.1 Å². The first-order valence-electron chi connectivity index (χ1n) is 3.33. The Morgan fingerprint density at radius 2 is 2.11 bits per heavy atom. The molecule has 0 aromatic heterocycles. The standard InChI is InChI=1S/C6H11NO2/c7-5-2-9-6-3-8-1-4(5)6/h4-6H,1-3,7H2/t4-,5+,6-/m1/s1. The van der Waals surface area contributed by atoms with Crippen molar-refractivity contribution < 1.29 is 9.47 Å². The minimum Gasteiger partial charge on any atom is -0.378 e. The normalized spacial score (nSPS) is 49.7. The fourth-order valence-electron chi connectivity index (χ4n) is 1.48. The summed E-state index contributed by atoms with van der Waals surface area (Å²) in [5.41, 5.74) is 5.71. The minimum absolute atomic E-state index is 0.220. The molecule has 2 N–H and O–H groups in total. The molecule has 0 spiro atoms. The van der Waals surface area contributed by atoms with E-state index in [1.807, 2.05) is 0 Å². The molecule has 0 unspecified atom stereocenters. The average molecular weight is 129 g/mol. The maximum Gasteiger partial charge on any atom is 0.0875 e. The van der Waals surface area contributed by atoms with Crippen LogP contribution in [0.2, 0.25) is 0 Å². The molecule has 3 heteroatoms. The van der Waals surface area contributed by atoms with E-state index in [4.69, 9.17) is 15.2 Å². The summed E-state index contributed by atoms with van der Waals surface area (Å²) >= 11 is 0. The van der Waals surface area contributed by atoms with Crippen LogP contribution < -0.4 is 5.73 Å². The zero-order valence-corrected chi connectivity index (χ0v) is 5.25. The Bertz CT molecular complexity index is 118. The third-order valence-corrected chi connectivity index (χ3v) is 2.12. The molecule has 0 radical (unpaired) electrons. The number of fused-ring (bicyclic) bond motifs is 1. The summed E-state index contributed by atoms with van der Waals surface area (Å²) in [5.74, 6) is 0.477. The molecule has 2 saturated heterocycles. The van der Waals surface area contributed by atoms with Crippen molar-refractivity contribution in [3.8, 4) is 0 Å². The first kappa shape index (κ1) is 5.65. The number of rotatable bonds is 0. The molecule has 2 fully saturated rings. The van der Waals surface area contributed by atoms with E-state index in [1.54, 1.807) is 0 Å². The van der Waals surface area contributed by atoms with Gasteiger partial charge in [0.05, 0.1) is 25.9 Å². The predicted octanol–water partition coefficient (Wildman–Crippen LogP) is -0.641. The summed E-state index contributed by atoms with van der Waals surface area (Å²) in [5, 5.41) is 0. The Balaban J connectivity index is 2.07. The molecule has 0 aliphatic carbocycles. The topological polar surface area (TPSA) is 44.5 Å². The Kier molecular flexibility index (Phi) is 1.22. The van der Waals surface area contributed by atoms with Gasteiger partial charge in [0.15, 0.2) is 0 Å². The number of hydrogen-bond acceptors (Lipinski definition) is 3. The molecule has 2 aliphatic heterocycles. The smallest absolute Gasteiger partial charge is 0.0875 e. The van der Waals surface area contributed by atoms with Crippen LogP contribution in [0.4, 0.5) is 0 Å². The minimum atomic E-state index is 0.220. The molecule has 0 aromatic rings. The van der Waals surface area contributed by atoms with E-state index in [0.29, 0.717) is 12.0 Å². The highest BCUT2D eigenvalue weighted by Crippen LogP contribution is 2.25. The molecule has 0 bridgehead atoms. The Hall–Kier alpha value is -0.120. The van der Waals surface area contributed by atoms with Crippen molar-refractivity contribution in [2.75, 3.05) is 19.8 Å². The first-order valence-corrected chi connectivity index (χ1v) is 3.33. The third kappa shape index (κ3) is 0.764. The van der Waals surface area contributed by atoms with Crippen molar-refractivity contribution in [3.05, 3.63) is 0 Å². The van der Waals surface area contributed by atoms with Gasteiger partial charge in [0.2, 0.25) is 0 Å². The van der Waals surface area contributed by atoms with Crippen molar-refractivity contribution in [1.82, 2.24) is 0 Å². The van der Waals surface area contributed by atoms with Crippen LogP contribution in [0, 0.1) is 5.92 Å². The Morgan fingerprint density at radius 1 is 1.22 bits per heavy atom. The van der Waals surface area contributed by atoms with Gasteiger partial charge >= 0.3 is 0 Å². The molecule has 3 nitrogen and oxygen atoms in total. The molecule has 2 aliphatic rings. The van der Waals surface area contributed by atoms with Gasteiger partial charge < -0.3 is 15.2 Å². The van der Waals surface area contributed by atoms with Crippen LogP contribution in [0.1, 0.15) is 0 Å². The van der Waals surface area contributed by atoms with E-state index in [2.05, 4.69) is 0 Å².